The number of nitrogens with two attached hydrogens (primary N) is 2. The molecule has 0 bridgehead atoms. The van der Waals surface area contributed by atoms with Crippen molar-refractivity contribution in [3.8, 4) is 0 Å². The summed E-state index contributed by atoms with van der Waals surface area (Å²) in [7, 11) is 0. The summed E-state index contributed by atoms with van der Waals surface area (Å²) in [6.45, 7) is 0. The Balaban J connectivity index is 2.82. The summed E-state index contributed by atoms with van der Waals surface area (Å²) in [6, 6.07) is 0. The van der Waals surface area contributed by atoms with Crippen LogP contribution in [0.15, 0.2) is 0 Å². The number of amides is 1. The van der Waals surface area contributed by atoms with E-state index in [4.69, 9.17) is 11.5 Å². The van der Waals surface area contributed by atoms with Crippen LogP contribution >= 0.6 is 32.3 Å². The first-order valence-corrected chi connectivity index (χ1v) is 4.81. The smallest absolute Gasteiger partial charge is 0.250 e. The van der Waals surface area contributed by atoms with Crippen LogP contribution in [0, 0.1) is 0 Å². The molecule has 0 unspecified atom stereocenters. The minimum Gasteiger partial charge on any atom is -0.368 e. The number of nitrogen functional groups attached to an aromatic ring is 2. The molecule has 0 aliphatic heterocycles. The Hall–Kier alpha value is -0.960. The normalized spacial score (nSPS) is 9.86. The molecular weight excluding hydrogens is 320 g/mol. The van der Waals surface area contributed by atoms with Gasteiger partial charge in [-0.15, -0.1) is 0 Å². The molecule has 0 saturated heterocycles. The molecule has 0 aromatic carbocycles. The summed E-state index contributed by atoms with van der Waals surface area (Å²) in [5.74, 6) is -0.0640. The van der Waals surface area contributed by atoms with Crippen molar-refractivity contribution >= 4 is 50.1 Å². The molecule has 1 aromatic heterocycles. The van der Waals surface area contributed by atoms with Gasteiger partial charge in [-0.05, 0) is 0 Å². The molecule has 0 atom stereocenters. The Kier molecular flexibility index (Phi) is 3.58. The zero-order valence-electron chi connectivity index (χ0n) is 6.81. The number of halogens is 2. The van der Waals surface area contributed by atoms with Gasteiger partial charge in [0.15, 0.2) is 0 Å². The molecule has 76 valence electrons. The number of aromatic nitrogens is 3. The SMILES string of the molecule is Nc1nc(N)nc(CC(=O)N(Br)Br)n1. The van der Waals surface area contributed by atoms with E-state index in [0.717, 1.165) is 2.95 Å². The fourth-order valence-corrected chi connectivity index (χ4v) is 0.982. The molecule has 1 aromatic rings. The quantitative estimate of drug-likeness (QED) is 0.742. The maximum absolute atomic E-state index is 11.2. The minimum atomic E-state index is -0.282. The maximum Gasteiger partial charge on any atom is 0.250 e. The molecule has 0 radical (unpaired) electrons. The number of hydrogen-bond donors (Lipinski definition) is 2. The van der Waals surface area contributed by atoms with Crippen molar-refractivity contribution in [2.24, 2.45) is 0 Å². The Morgan fingerprint density at radius 3 is 2.14 bits per heavy atom. The lowest BCUT2D eigenvalue weighted by Gasteiger charge is -2.04. The zero-order valence-corrected chi connectivity index (χ0v) is 9.99. The van der Waals surface area contributed by atoms with Crippen LogP contribution in [0.5, 0.6) is 0 Å². The van der Waals surface area contributed by atoms with E-state index in [1.807, 2.05) is 0 Å². The number of carbonyl (C=O) groups excluding carboxylic acids is 1. The third kappa shape index (κ3) is 3.07. The molecule has 7 nitrogen and oxygen atoms in total. The summed E-state index contributed by atoms with van der Waals surface area (Å²) < 4.78 is 1.07. The van der Waals surface area contributed by atoms with Gasteiger partial charge in [0.05, 0.1) is 38.7 Å². The number of nitrogens with zero attached hydrogens (tertiary/aromatic N) is 4. The molecule has 14 heavy (non-hydrogen) atoms. The van der Waals surface area contributed by atoms with Crippen LogP contribution in [-0.4, -0.2) is 23.8 Å². The third-order valence-electron chi connectivity index (χ3n) is 1.21. The summed E-state index contributed by atoms with van der Waals surface area (Å²) in [6.07, 6.45) is -0.0204. The third-order valence-corrected chi connectivity index (χ3v) is 2.01. The van der Waals surface area contributed by atoms with Gasteiger partial charge in [0.25, 0.3) is 0 Å². The molecule has 0 spiro atoms. The molecule has 1 heterocycles. The van der Waals surface area contributed by atoms with Gasteiger partial charge in [0.1, 0.15) is 5.82 Å². The molecular formula is C5H6Br2N6O. The molecule has 1 rings (SSSR count). The van der Waals surface area contributed by atoms with Gasteiger partial charge in [-0.2, -0.15) is 15.0 Å². The van der Waals surface area contributed by atoms with Crippen LogP contribution in [0.3, 0.4) is 0 Å². The predicted molar refractivity (Wildman–Crippen MR) is 57.1 cm³/mol. The van der Waals surface area contributed by atoms with Crippen LogP contribution in [-0.2, 0) is 11.2 Å². The Bertz CT molecular complexity index is 336. The highest BCUT2D eigenvalue weighted by Crippen LogP contribution is 2.09. The summed E-state index contributed by atoms with van der Waals surface area (Å²) in [5.41, 5.74) is 10.6. The number of carbonyl (C=O) groups is 1. The second kappa shape index (κ2) is 4.51. The van der Waals surface area contributed by atoms with Crippen LogP contribution in [0.25, 0.3) is 0 Å². The standard InChI is InChI=1S/C5H6Br2N6O/c6-13(7)3(14)1-2-10-4(8)12-5(9)11-2/h1H2,(H4,8,9,10,11,12). The van der Waals surface area contributed by atoms with E-state index < -0.39 is 0 Å². The van der Waals surface area contributed by atoms with Crippen LogP contribution in [0.2, 0.25) is 0 Å². The van der Waals surface area contributed by atoms with Crippen molar-refractivity contribution in [3.05, 3.63) is 5.82 Å². The van der Waals surface area contributed by atoms with E-state index in [2.05, 4.69) is 47.2 Å². The fraction of sp³-hybridized carbons (Fsp3) is 0.200. The van der Waals surface area contributed by atoms with Crippen molar-refractivity contribution in [1.82, 2.24) is 17.9 Å². The van der Waals surface area contributed by atoms with Gasteiger partial charge in [-0.25, -0.2) is 2.95 Å². The first-order chi connectivity index (χ1) is 6.49. The molecule has 0 fully saturated rings. The van der Waals surface area contributed by atoms with E-state index in [1.54, 1.807) is 0 Å². The lowest BCUT2D eigenvalue weighted by atomic mass is 10.4. The zero-order chi connectivity index (χ0) is 10.7. The van der Waals surface area contributed by atoms with Crippen molar-refractivity contribution in [3.63, 3.8) is 0 Å². The minimum absolute atomic E-state index is 0.00371. The average Bonchev–Trinajstić information content (AvgIpc) is 2.01. The second-order valence-electron chi connectivity index (χ2n) is 2.27. The highest BCUT2D eigenvalue weighted by Gasteiger charge is 2.11. The number of anilines is 2. The number of hydrogen-bond acceptors (Lipinski definition) is 6. The van der Waals surface area contributed by atoms with Gasteiger partial charge in [0.2, 0.25) is 17.8 Å². The average molecular weight is 326 g/mol. The van der Waals surface area contributed by atoms with Crippen molar-refractivity contribution < 1.29 is 4.79 Å². The topological polar surface area (TPSA) is 111 Å². The molecule has 0 aliphatic carbocycles. The molecule has 0 saturated carbocycles. The Morgan fingerprint density at radius 1 is 1.21 bits per heavy atom. The van der Waals surface area contributed by atoms with Crippen molar-refractivity contribution in [1.29, 1.82) is 0 Å². The van der Waals surface area contributed by atoms with Gasteiger partial charge in [-0.3, -0.25) is 4.79 Å². The fourth-order valence-electron chi connectivity index (χ4n) is 0.731. The van der Waals surface area contributed by atoms with Gasteiger partial charge < -0.3 is 11.5 Å². The van der Waals surface area contributed by atoms with E-state index in [1.165, 1.54) is 0 Å². The largest absolute Gasteiger partial charge is 0.368 e. The van der Waals surface area contributed by atoms with Gasteiger partial charge in [-0.1, -0.05) is 0 Å². The highest BCUT2D eigenvalue weighted by atomic mass is 79.9. The van der Waals surface area contributed by atoms with Crippen molar-refractivity contribution in [2.45, 2.75) is 6.42 Å². The maximum atomic E-state index is 11.2. The summed E-state index contributed by atoms with van der Waals surface area (Å²) >= 11 is 5.80. The monoisotopic (exact) mass is 324 g/mol. The lowest BCUT2D eigenvalue weighted by Crippen LogP contribution is -2.16. The Morgan fingerprint density at radius 2 is 1.71 bits per heavy atom. The van der Waals surface area contributed by atoms with Crippen molar-refractivity contribution in [2.75, 3.05) is 11.5 Å². The lowest BCUT2D eigenvalue weighted by molar-refractivity contribution is -0.121. The van der Waals surface area contributed by atoms with E-state index >= 15 is 0 Å². The predicted octanol–water partition coefficient (Wildman–Crippen LogP) is 0.0269. The van der Waals surface area contributed by atoms with Gasteiger partial charge in [0, 0.05) is 0 Å². The van der Waals surface area contributed by atoms with E-state index in [0.29, 0.717) is 0 Å². The summed E-state index contributed by atoms with van der Waals surface area (Å²) in [4.78, 5) is 22.2. The van der Waals surface area contributed by atoms with E-state index in [-0.39, 0.29) is 30.0 Å². The van der Waals surface area contributed by atoms with E-state index in [9.17, 15) is 4.79 Å². The first-order valence-electron chi connectivity index (χ1n) is 3.39. The van der Waals surface area contributed by atoms with Crippen LogP contribution in [0.1, 0.15) is 5.82 Å². The van der Waals surface area contributed by atoms with Crippen LogP contribution in [0.4, 0.5) is 11.9 Å². The molecule has 0 aliphatic rings. The van der Waals surface area contributed by atoms with Crippen LogP contribution < -0.4 is 11.5 Å². The number of rotatable bonds is 2. The summed E-state index contributed by atoms with van der Waals surface area (Å²) in [5, 5.41) is 0. The Labute approximate surface area is 96.6 Å². The highest BCUT2D eigenvalue weighted by molar-refractivity contribution is 9.21. The molecule has 9 heteroatoms. The first kappa shape index (κ1) is 11.1. The van der Waals surface area contributed by atoms with Gasteiger partial charge >= 0.3 is 0 Å². The molecule has 4 N–H and O–H groups in total. The molecule has 1 amide bonds. The second-order valence-corrected chi connectivity index (χ2v) is 4.64.